The fraction of sp³-hybridized carbons (Fsp3) is 0.667. The summed E-state index contributed by atoms with van der Waals surface area (Å²) in [5.74, 6) is 0.238. The Kier molecular flexibility index (Phi) is 1.48. The smallest absolute Gasteiger partial charge is 0.220 e. The molecule has 2 bridgehead atoms. The molecule has 2 atom stereocenters. The molecule has 0 aromatic heterocycles. The number of rotatable bonds is 0. The normalized spacial score (nSPS) is 34.5. The van der Waals surface area contributed by atoms with Gasteiger partial charge < -0.3 is 4.90 Å². The summed E-state index contributed by atoms with van der Waals surface area (Å²) in [6, 6.07) is 0.939. The highest BCUT2D eigenvalue weighted by atomic mass is 16.2. The van der Waals surface area contributed by atoms with Crippen LogP contribution in [0.15, 0.2) is 12.2 Å². The van der Waals surface area contributed by atoms with Gasteiger partial charge in [-0.3, -0.25) is 4.79 Å². The van der Waals surface area contributed by atoms with Gasteiger partial charge in [0.05, 0.1) is 6.04 Å². The molecule has 60 valence electrons. The number of fused-ring (bicyclic) bond motifs is 2. The van der Waals surface area contributed by atoms with E-state index in [9.17, 15) is 4.79 Å². The molecule has 11 heavy (non-hydrogen) atoms. The summed E-state index contributed by atoms with van der Waals surface area (Å²) in [7, 11) is 0. The van der Waals surface area contributed by atoms with Crippen molar-refractivity contribution in [2.75, 3.05) is 0 Å². The monoisotopic (exact) mass is 151 g/mol. The molecule has 2 heteroatoms. The average molecular weight is 151 g/mol. The van der Waals surface area contributed by atoms with Gasteiger partial charge in [0, 0.05) is 13.0 Å². The molecule has 0 radical (unpaired) electrons. The molecule has 0 aliphatic carbocycles. The number of carbonyl (C=O) groups is 1. The Bertz CT molecular complexity index is 210. The van der Waals surface area contributed by atoms with Gasteiger partial charge in [-0.15, -0.1) is 0 Å². The van der Waals surface area contributed by atoms with Gasteiger partial charge in [0.1, 0.15) is 0 Å². The van der Waals surface area contributed by atoms with Crippen LogP contribution in [0.3, 0.4) is 0 Å². The lowest BCUT2D eigenvalue weighted by Gasteiger charge is -2.30. The van der Waals surface area contributed by atoms with Crippen molar-refractivity contribution in [3.8, 4) is 0 Å². The van der Waals surface area contributed by atoms with Gasteiger partial charge in [0.15, 0.2) is 0 Å². The van der Waals surface area contributed by atoms with Crippen LogP contribution in [-0.2, 0) is 4.79 Å². The molecule has 2 unspecified atom stereocenters. The Morgan fingerprint density at radius 2 is 2.36 bits per heavy atom. The molecule has 0 saturated carbocycles. The van der Waals surface area contributed by atoms with Gasteiger partial charge >= 0.3 is 0 Å². The SMILES string of the molecule is CC(=O)N1C2C=CCC1CC2. The molecule has 0 aromatic rings. The molecular formula is C9H13NO. The van der Waals surface area contributed by atoms with Crippen LogP contribution in [0.4, 0.5) is 0 Å². The number of hydrogen-bond acceptors (Lipinski definition) is 1. The third-order valence-electron chi connectivity index (χ3n) is 2.68. The second-order valence-corrected chi connectivity index (χ2v) is 3.39. The van der Waals surface area contributed by atoms with E-state index in [2.05, 4.69) is 12.2 Å². The van der Waals surface area contributed by atoms with Crippen molar-refractivity contribution in [2.45, 2.75) is 38.3 Å². The standard InChI is InChI=1S/C9H13NO/c1-7(11)10-8-3-2-4-9(10)6-5-8/h2-3,8-9H,4-6H2,1H3. The molecule has 1 amide bonds. The minimum atomic E-state index is 0.238. The second-order valence-electron chi connectivity index (χ2n) is 3.39. The number of carbonyl (C=O) groups excluding carboxylic acids is 1. The van der Waals surface area contributed by atoms with Gasteiger partial charge in [-0.25, -0.2) is 0 Å². The van der Waals surface area contributed by atoms with E-state index in [4.69, 9.17) is 0 Å². The first kappa shape index (κ1) is 6.89. The van der Waals surface area contributed by atoms with E-state index < -0.39 is 0 Å². The molecule has 2 heterocycles. The maximum absolute atomic E-state index is 11.2. The van der Waals surface area contributed by atoms with Crippen molar-refractivity contribution in [2.24, 2.45) is 0 Å². The van der Waals surface area contributed by atoms with E-state index in [0.29, 0.717) is 12.1 Å². The van der Waals surface area contributed by atoms with Crippen LogP contribution < -0.4 is 0 Å². The topological polar surface area (TPSA) is 20.3 Å². The van der Waals surface area contributed by atoms with Crippen LogP contribution in [0, 0.1) is 0 Å². The van der Waals surface area contributed by atoms with Crippen LogP contribution in [-0.4, -0.2) is 22.9 Å². The highest BCUT2D eigenvalue weighted by molar-refractivity contribution is 5.75. The lowest BCUT2D eigenvalue weighted by molar-refractivity contribution is -0.131. The number of amides is 1. The molecule has 0 aromatic carbocycles. The predicted octanol–water partition coefficient (Wildman–Crippen LogP) is 1.33. The summed E-state index contributed by atoms with van der Waals surface area (Å²) < 4.78 is 0. The highest BCUT2D eigenvalue weighted by Gasteiger charge is 2.34. The first-order valence-corrected chi connectivity index (χ1v) is 4.24. The van der Waals surface area contributed by atoms with Crippen LogP contribution in [0.5, 0.6) is 0 Å². The number of nitrogens with zero attached hydrogens (tertiary/aromatic N) is 1. The zero-order valence-corrected chi connectivity index (χ0v) is 6.79. The molecule has 2 aliphatic rings. The quantitative estimate of drug-likeness (QED) is 0.478. The zero-order valence-electron chi connectivity index (χ0n) is 6.79. The van der Waals surface area contributed by atoms with Gasteiger partial charge in [0.25, 0.3) is 0 Å². The van der Waals surface area contributed by atoms with E-state index in [1.54, 1.807) is 6.92 Å². The minimum Gasteiger partial charge on any atom is -0.333 e. The van der Waals surface area contributed by atoms with Crippen molar-refractivity contribution in [1.29, 1.82) is 0 Å². The van der Waals surface area contributed by atoms with Crippen molar-refractivity contribution >= 4 is 5.91 Å². The van der Waals surface area contributed by atoms with Crippen LogP contribution in [0.2, 0.25) is 0 Å². The van der Waals surface area contributed by atoms with Gasteiger partial charge in [-0.1, -0.05) is 12.2 Å². The second kappa shape index (κ2) is 2.36. The highest BCUT2D eigenvalue weighted by Crippen LogP contribution is 2.31. The Labute approximate surface area is 66.9 Å². The summed E-state index contributed by atoms with van der Waals surface area (Å²) in [6.07, 6.45) is 7.81. The predicted molar refractivity (Wildman–Crippen MR) is 43.1 cm³/mol. The van der Waals surface area contributed by atoms with E-state index in [0.717, 1.165) is 6.42 Å². The van der Waals surface area contributed by atoms with Crippen molar-refractivity contribution in [1.82, 2.24) is 4.90 Å². The summed E-state index contributed by atoms with van der Waals surface area (Å²) in [5.41, 5.74) is 0. The van der Waals surface area contributed by atoms with E-state index in [-0.39, 0.29) is 5.91 Å². The molecule has 0 N–H and O–H groups in total. The summed E-state index contributed by atoms with van der Waals surface area (Å²) in [5, 5.41) is 0. The van der Waals surface area contributed by atoms with E-state index >= 15 is 0 Å². The Balaban J connectivity index is 2.23. The Morgan fingerprint density at radius 1 is 1.55 bits per heavy atom. The lowest BCUT2D eigenvalue weighted by Crippen LogP contribution is -2.40. The molecule has 2 aliphatic heterocycles. The van der Waals surface area contributed by atoms with Crippen LogP contribution >= 0.6 is 0 Å². The maximum Gasteiger partial charge on any atom is 0.220 e. The summed E-state index contributed by atoms with van der Waals surface area (Å²) in [4.78, 5) is 13.2. The molecule has 2 nitrogen and oxygen atoms in total. The Hall–Kier alpha value is -0.790. The van der Waals surface area contributed by atoms with Crippen molar-refractivity contribution < 1.29 is 4.79 Å². The van der Waals surface area contributed by atoms with Gasteiger partial charge in [-0.2, -0.15) is 0 Å². The van der Waals surface area contributed by atoms with Crippen LogP contribution in [0.25, 0.3) is 0 Å². The summed E-state index contributed by atoms with van der Waals surface area (Å²) in [6.45, 7) is 1.67. The van der Waals surface area contributed by atoms with Crippen LogP contribution in [0.1, 0.15) is 26.2 Å². The first-order chi connectivity index (χ1) is 5.29. The van der Waals surface area contributed by atoms with E-state index in [1.807, 2.05) is 4.90 Å². The summed E-state index contributed by atoms with van der Waals surface area (Å²) >= 11 is 0. The fourth-order valence-corrected chi connectivity index (χ4v) is 2.22. The Morgan fingerprint density at radius 3 is 2.91 bits per heavy atom. The van der Waals surface area contributed by atoms with Crippen molar-refractivity contribution in [3.63, 3.8) is 0 Å². The third kappa shape index (κ3) is 0.971. The molecule has 1 fully saturated rings. The lowest BCUT2D eigenvalue weighted by atomic mass is 10.1. The zero-order chi connectivity index (χ0) is 7.84. The molecule has 1 saturated heterocycles. The third-order valence-corrected chi connectivity index (χ3v) is 2.68. The average Bonchev–Trinajstić information content (AvgIpc) is 2.23. The maximum atomic E-state index is 11.2. The van der Waals surface area contributed by atoms with E-state index in [1.165, 1.54) is 12.8 Å². The minimum absolute atomic E-state index is 0.238. The number of hydrogen-bond donors (Lipinski definition) is 0. The molecule has 2 rings (SSSR count). The largest absolute Gasteiger partial charge is 0.333 e. The van der Waals surface area contributed by atoms with Gasteiger partial charge in [-0.05, 0) is 19.3 Å². The fourth-order valence-electron chi connectivity index (χ4n) is 2.22. The molecular weight excluding hydrogens is 138 g/mol. The van der Waals surface area contributed by atoms with Gasteiger partial charge in [0.2, 0.25) is 5.91 Å². The van der Waals surface area contributed by atoms with Crippen molar-refractivity contribution in [3.05, 3.63) is 12.2 Å². The molecule has 0 spiro atoms. The first-order valence-electron chi connectivity index (χ1n) is 4.24.